The fraction of sp³-hybridized carbons (Fsp3) is 1.00. The third-order valence-corrected chi connectivity index (χ3v) is 3.22. The number of ether oxygens (including phenoxy) is 1. The molecule has 1 rings (SSSR count). The zero-order valence-corrected chi connectivity index (χ0v) is 10.5. The molecule has 0 bridgehead atoms. The van der Waals surface area contributed by atoms with Crippen molar-refractivity contribution in [2.45, 2.75) is 33.2 Å². The van der Waals surface area contributed by atoms with Crippen molar-refractivity contribution in [1.29, 1.82) is 0 Å². The molecule has 1 fully saturated rings. The lowest BCUT2D eigenvalue weighted by atomic mass is 10.1. The van der Waals surface area contributed by atoms with E-state index >= 15 is 0 Å². The molecule has 0 aromatic heterocycles. The molecule has 0 saturated carbocycles. The smallest absolute Gasteiger partial charge is 0.0594 e. The second-order valence-electron chi connectivity index (χ2n) is 4.79. The molecule has 0 spiro atoms. The molecule has 0 aliphatic carbocycles. The molecule has 3 nitrogen and oxygen atoms in total. The van der Waals surface area contributed by atoms with E-state index in [2.05, 4.69) is 31.0 Å². The largest absolute Gasteiger partial charge is 0.379 e. The topological polar surface area (TPSA) is 24.5 Å². The minimum Gasteiger partial charge on any atom is -0.379 e. The lowest BCUT2D eigenvalue weighted by molar-refractivity contribution is 0.0373. The Labute approximate surface area is 94.2 Å². The molecule has 1 N–H and O–H groups in total. The second-order valence-corrected chi connectivity index (χ2v) is 4.79. The molecule has 90 valence electrons. The van der Waals surface area contributed by atoms with Gasteiger partial charge in [0.1, 0.15) is 0 Å². The van der Waals surface area contributed by atoms with E-state index in [-0.39, 0.29) is 0 Å². The van der Waals surface area contributed by atoms with Crippen molar-refractivity contribution in [1.82, 2.24) is 10.2 Å². The highest BCUT2D eigenvalue weighted by molar-refractivity contribution is 4.66. The molecule has 0 unspecified atom stereocenters. The molecule has 1 aliphatic rings. The van der Waals surface area contributed by atoms with Gasteiger partial charge in [-0.2, -0.15) is 0 Å². The maximum absolute atomic E-state index is 5.32. The first-order chi connectivity index (χ1) is 7.20. The van der Waals surface area contributed by atoms with Crippen LogP contribution in [-0.4, -0.2) is 50.3 Å². The van der Waals surface area contributed by atoms with Gasteiger partial charge in [0.25, 0.3) is 0 Å². The summed E-state index contributed by atoms with van der Waals surface area (Å²) in [6.07, 6.45) is 1.25. The predicted molar refractivity (Wildman–Crippen MR) is 64.2 cm³/mol. The van der Waals surface area contributed by atoms with Crippen LogP contribution in [0.25, 0.3) is 0 Å². The molecule has 1 saturated heterocycles. The monoisotopic (exact) mass is 214 g/mol. The fourth-order valence-corrected chi connectivity index (χ4v) is 1.69. The third kappa shape index (κ3) is 5.50. The third-order valence-electron chi connectivity index (χ3n) is 3.22. The van der Waals surface area contributed by atoms with Gasteiger partial charge in [-0.05, 0) is 32.4 Å². The molecule has 3 heteroatoms. The van der Waals surface area contributed by atoms with Crippen molar-refractivity contribution in [2.24, 2.45) is 5.92 Å². The molecule has 15 heavy (non-hydrogen) atoms. The maximum atomic E-state index is 5.32. The van der Waals surface area contributed by atoms with Crippen LogP contribution in [-0.2, 0) is 4.74 Å². The quantitative estimate of drug-likeness (QED) is 0.675. The first-order valence-corrected chi connectivity index (χ1v) is 6.23. The summed E-state index contributed by atoms with van der Waals surface area (Å²) >= 11 is 0. The molecule has 1 heterocycles. The Balaban J connectivity index is 1.96. The zero-order chi connectivity index (χ0) is 11.1. The summed E-state index contributed by atoms with van der Waals surface area (Å²) in [7, 11) is 0. The van der Waals surface area contributed by atoms with Crippen molar-refractivity contribution in [3.05, 3.63) is 0 Å². The second kappa shape index (κ2) is 7.20. The average Bonchev–Trinajstić information content (AvgIpc) is 2.25. The Kier molecular flexibility index (Phi) is 6.22. The Hall–Kier alpha value is -0.120. The summed E-state index contributed by atoms with van der Waals surface area (Å²) < 4.78 is 5.32. The lowest BCUT2D eigenvalue weighted by Crippen LogP contribution is -2.38. The van der Waals surface area contributed by atoms with Gasteiger partial charge in [-0.25, -0.2) is 0 Å². The van der Waals surface area contributed by atoms with Crippen LogP contribution in [0.2, 0.25) is 0 Å². The van der Waals surface area contributed by atoms with Crippen LogP contribution < -0.4 is 5.32 Å². The highest BCUT2D eigenvalue weighted by Gasteiger charge is 2.10. The van der Waals surface area contributed by atoms with Crippen molar-refractivity contribution < 1.29 is 4.74 Å². The standard InChI is InChI=1S/C12H26N2O/c1-11(2)12(3)13-5-4-6-14-7-9-15-10-8-14/h11-13H,4-10H2,1-3H3/t12-/m1/s1. The number of nitrogens with one attached hydrogen (secondary N) is 1. The lowest BCUT2D eigenvalue weighted by Gasteiger charge is -2.27. The SMILES string of the molecule is CC(C)[C@@H](C)NCCCN1CCOCC1. The van der Waals surface area contributed by atoms with E-state index < -0.39 is 0 Å². The number of rotatable bonds is 6. The van der Waals surface area contributed by atoms with Gasteiger partial charge in [0.05, 0.1) is 13.2 Å². The van der Waals surface area contributed by atoms with E-state index in [0.717, 1.165) is 38.8 Å². The van der Waals surface area contributed by atoms with Crippen LogP contribution in [0.3, 0.4) is 0 Å². The summed E-state index contributed by atoms with van der Waals surface area (Å²) in [5, 5.41) is 3.56. The van der Waals surface area contributed by atoms with Crippen molar-refractivity contribution in [3.63, 3.8) is 0 Å². The van der Waals surface area contributed by atoms with Gasteiger partial charge < -0.3 is 10.1 Å². The Morgan fingerprint density at radius 3 is 2.47 bits per heavy atom. The summed E-state index contributed by atoms with van der Waals surface area (Å²) in [4.78, 5) is 2.49. The Morgan fingerprint density at radius 1 is 1.20 bits per heavy atom. The molecule has 1 aliphatic heterocycles. The van der Waals surface area contributed by atoms with E-state index in [9.17, 15) is 0 Å². The summed E-state index contributed by atoms with van der Waals surface area (Å²) in [5.41, 5.74) is 0. The molecular formula is C12H26N2O. The summed E-state index contributed by atoms with van der Waals surface area (Å²) in [6.45, 7) is 13.2. The average molecular weight is 214 g/mol. The van der Waals surface area contributed by atoms with Crippen LogP contribution in [0, 0.1) is 5.92 Å². The summed E-state index contributed by atoms with van der Waals surface area (Å²) in [5.74, 6) is 0.730. The van der Waals surface area contributed by atoms with Crippen molar-refractivity contribution in [3.8, 4) is 0 Å². The highest BCUT2D eigenvalue weighted by Crippen LogP contribution is 2.00. The minimum absolute atomic E-state index is 0.634. The fourth-order valence-electron chi connectivity index (χ4n) is 1.69. The predicted octanol–water partition coefficient (Wildman–Crippen LogP) is 1.34. The number of hydrogen-bond acceptors (Lipinski definition) is 3. The van der Waals surface area contributed by atoms with Gasteiger partial charge in [0.15, 0.2) is 0 Å². The van der Waals surface area contributed by atoms with Crippen LogP contribution >= 0.6 is 0 Å². The molecule has 0 aromatic carbocycles. The van der Waals surface area contributed by atoms with E-state index in [0.29, 0.717) is 6.04 Å². The zero-order valence-electron chi connectivity index (χ0n) is 10.5. The number of hydrogen-bond donors (Lipinski definition) is 1. The van der Waals surface area contributed by atoms with Crippen LogP contribution in [0.5, 0.6) is 0 Å². The van der Waals surface area contributed by atoms with Crippen molar-refractivity contribution in [2.75, 3.05) is 39.4 Å². The van der Waals surface area contributed by atoms with Crippen molar-refractivity contribution >= 4 is 0 Å². The van der Waals surface area contributed by atoms with E-state index in [4.69, 9.17) is 4.74 Å². The first kappa shape index (κ1) is 12.9. The molecule has 0 aromatic rings. The number of morpholine rings is 1. The van der Waals surface area contributed by atoms with Crippen LogP contribution in [0.1, 0.15) is 27.2 Å². The molecular weight excluding hydrogens is 188 g/mol. The van der Waals surface area contributed by atoms with Gasteiger partial charge in [0, 0.05) is 19.1 Å². The molecule has 0 radical (unpaired) electrons. The molecule has 1 atom stereocenters. The van der Waals surface area contributed by atoms with Crippen LogP contribution in [0.15, 0.2) is 0 Å². The first-order valence-electron chi connectivity index (χ1n) is 6.23. The molecule has 0 amide bonds. The maximum Gasteiger partial charge on any atom is 0.0594 e. The van der Waals surface area contributed by atoms with Gasteiger partial charge >= 0.3 is 0 Å². The Morgan fingerprint density at radius 2 is 1.87 bits per heavy atom. The van der Waals surface area contributed by atoms with Gasteiger partial charge in [-0.1, -0.05) is 13.8 Å². The van der Waals surface area contributed by atoms with Crippen LogP contribution in [0.4, 0.5) is 0 Å². The van der Waals surface area contributed by atoms with E-state index in [1.54, 1.807) is 0 Å². The Bertz CT molecular complexity index is 156. The van der Waals surface area contributed by atoms with Gasteiger partial charge in [-0.3, -0.25) is 4.90 Å². The van der Waals surface area contributed by atoms with Gasteiger partial charge in [0.2, 0.25) is 0 Å². The highest BCUT2D eigenvalue weighted by atomic mass is 16.5. The van der Waals surface area contributed by atoms with E-state index in [1.165, 1.54) is 13.0 Å². The normalized spacial score (nSPS) is 20.8. The van der Waals surface area contributed by atoms with E-state index in [1.807, 2.05) is 0 Å². The summed E-state index contributed by atoms with van der Waals surface area (Å²) in [6, 6.07) is 0.634. The minimum atomic E-state index is 0.634. The number of nitrogens with zero attached hydrogens (tertiary/aromatic N) is 1. The van der Waals surface area contributed by atoms with Gasteiger partial charge in [-0.15, -0.1) is 0 Å².